The largest absolute Gasteiger partial charge is 0.507 e. The summed E-state index contributed by atoms with van der Waals surface area (Å²) in [6.07, 6.45) is 1.46. The molecule has 0 radical (unpaired) electrons. The number of aromatic hydroxyl groups is 1. The van der Waals surface area contributed by atoms with Gasteiger partial charge in [-0.3, -0.25) is 5.43 Å². The third-order valence-electron chi connectivity index (χ3n) is 1.56. The highest BCUT2D eigenvalue weighted by atomic mass is 32.1. The van der Waals surface area contributed by atoms with E-state index in [0.29, 0.717) is 5.56 Å². The summed E-state index contributed by atoms with van der Waals surface area (Å²) in [7, 11) is 0. The minimum atomic E-state index is 0.0911. The Kier molecular flexibility index (Phi) is 3.41. The molecule has 0 heterocycles. The maximum absolute atomic E-state index is 9.42. The van der Waals surface area contributed by atoms with Gasteiger partial charge < -0.3 is 10.8 Å². The third-order valence-corrected chi connectivity index (χ3v) is 1.65. The summed E-state index contributed by atoms with van der Waals surface area (Å²) in [6, 6.07) is 5.23. The summed E-state index contributed by atoms with van der Waals surface area (Å²) >= 11 is 4.56. The van der Waals surface area contributed by atoms with Crippen molar-refractivity contribution in [3.63, 3.8) is 0 Å². The van der Waals surface area contributed by atoms with Gasteiger partial charge in [-0.1, -0.05) is 11.6 Å². The van der Waals surface area contributed by atoms with Crippen LogP contribution in [0.25, 0.3) is 0 Å². The minimum absolute atomic E-state index is 0.0911. The molecule has 0 spiro atoms. The van der Waals surface area contributed by atoms with Crippen LogP contribution in [0.15, 0.2) is 23.3 Å². The van der Waals surface area contributed by atoms with Crippen LogP contribution in [0.3, 0.4) is 0 Å². The monoisotopic (exact) mass is 209 g/mol. The van der Waals surface area contributed by atoms with E-state index in [4.69, 9.17) is 5.73 Å². The number of phenols is 1. The molecule has 0 aliphatic carbocycles. The lowest BCUT2D eigenvalue weighted by Gasteiger charge is -2.00. The van der Waals surface area contributed by atoms with Crippen LogP contribution in [0.2, 0.25) is 0 Å². The van der Waals surface area contributed by atoms with Crippen molar-refractivity contribution in [3.05, 3.63) is 29.3 Å². The molecule has 0 saturated heterocycles. The topological polar surface area (TPSA) is 70.6 Å². The minimum Gasteiger partial charge on any atom is -0.507 e. The van der Waals surface area contributed by atoms with Crippen molar-refractivity contribution in [1.82, 2.24) is 5.43 Å². The van der Waals surface area contributed by atoms with E-state index in [-0.39, 0.29) is 10.9 Å². The number of hydrogen-bond donors (Lipinski definition) is 3. The number of benzene rings is 1. The van der Waals surface area contributed by atoms with Crippen LogP contribution < -0.4 is 11.2 Å². The lowest BCUT2D eigenvalue weighted by molar-refractivity contribution is 0.474. The fourth-order valence-electron chi connectivity index (χ4n) is 0.943. The van der Waals surface area contributed by atoms with E-state index in [1.54, 1.807) is 12.1 Å². The Bertz CT molecular complexity index is 376. The number of nitrogens with one attached hydrogen (secondary N) is 1. The molecule has 74 valence electrons. The summed E-state index contributed by atoms with van der Waals surface area (Å²) < 4.78 is 0. The second-order valence-corrected chi connectivity index (χ2v) is 3.24. The molecular weight excluding hydrogens is 198 g/mol. The maximum Gasteiger partial charge on any atom is 0.184 e. The first-order chi connectivity index (χ1) is 6.59. The van der Waals surface area contributed by atoms with E-state index in [1.807, 2.05) is 13.0 Å². The Balaban J connectivity index is 2.80. The van der Waals surface area contributed by atoms with Crippen LogP contribution in [0.4, 0.5) is 0 Å². The second-order valence-electron chi connectivity index (χ2n) is 2.80. The molecule has 0 aromatic heterocycles. The first-order valence-electron chi connectivity index (χ1n) is 3.97. The standard InChI is InChI=1S/C9H11N3OS/c1-6-2-3-8(13)7(4-6)5-11-12-9(10)14/h2-5,13H,1H3,(H3,10,12,14). The van der Waals surface area contributed by atoms with Crippen LogP contribution in [-0.4, -0.2) is 16.4 Å². The van der Waals surface area contributed by atoms with Crippen LogP contribution in [-0.2, 0) is 0 Å². The number of hydrazone groups is 1. The molecule has 14 heavy (non-hydrogen) atoms. The first-order valence-corrected chi connectivity index (χ1v) is 4.38. The van der Waals surface area contributed by atoms with Gasteiger partial charge in [0.2, 0.25) is 0 Å². The van der Waals surface area contributed by atoms with Gasteiger partial charge in [-0.2, -0.15) is 5.10 Å². The number of aryl methyl sites for hydroxylation is 1. The molecule has 5 heteroatoms. The van der Waals surface area contributed by atoms with Gasteiger partial charge in [0, 0.05) is 5.56 Å². The molecule has 1 aromatic carbocycles. The molecule has 4 nitrogen and oxygen atoms in total. The molecule has 0 unspecified atom stereocenters. The Morgan fingerprint density at radius 3 is 3.00 bits per heavy atom. The zero-order valence-corrected chi connectivity index (χ0v) is 8.51. The highest BCUT2D eigenvalue weighted by Gasteiger charge is 1.97. The fraction of sp³-hybridized carbons (Fsp3) is 0.111. The average Bonchev–Trinajstić information content (AvgIpc) is 2.10. The predicted molar refractivity (Wildman–Crippen MR) is 60.4 cm³/mol. The smallest absolute Gasteiger partial charge is 0.184 e. The van der Waals surface area contributed by atoms with E-state index in [2.05, 4.69) is 22.7 Å². The van der Waals surface area contributed by atoms with Crippen LogP contribution in [0.1, 0.15) is 11.1 Å². The van der Waals surface area contributed by atoms with Crippen LogP contribution in [0.5, 0.6) is 5.75 Å². The molecule has 0 bridgehead atoms. The first kappa shape index (κ1) is 10.5. The van der Waals surface area contributed by atoms with E-state index in [9.17, 15) is 5.11 Å². The molecule has 0 aliphatic rings. The van der Waals surface area contributed by atoms with Crippen molar-refractivity contribution in [2.45, 2.75) is 6.92 Å². The zero-order chi connectivity index (χ0) is 10.6. The summed E-state index contributed by atoms with van der Waals surface area (Å²) in [5.74, 6) is 0.170. The van der Waals surface area contributed by atoms with E-state index in [1.165, 1.54) is 6.21 Å². The predicted octanol–water partition coefficient (Wildman–Crippen LogP) is 0.868. The lowest BCUT2D eigenvalue weighted by Crippen LogP contribution is -2.23. The van der Waals surface area contributed by atoms with Crippen molar-refractivity contribution >= 4 is 23.5 Å². The number of phenolic OH excluding ortho intramolecular Hbond substituents is 1. The van der Waals surface area contributed by atoms with Gasteiger partial charge in [0.1, 0.15) is 5.75 Å². The number of hydrogen-bond acceptors (Lipinski definition) is 3. The van der Waals surface area contributed by atoms with Crippen LogP contribution >= 0.6 is 12.2 Å². The van der Waals surface area contributed by atoms with Gasteiger partial charge in [0.15, 0.2) is 5.11 Å². The van der Waals surface area contributed by atoms with Gasteiger partial charge in [0.25, 0.3) is 0 Å². The quantitative estimate of drug-likeness (QED) is 0.384. The Morgan fingerprint density at radius 1 is 1.64 bits per heavy atom. The molecule has 4 N–H and O–H groups in total. The number of nitrogens with two attached hydrogens (primary N) is 1. The molecule has 0 atom stereocenters. The fourth-order valence-corrected chi connectivity index (χ4v) is 0.995. The summed E-state index contributed by atoms with van der Waals surface area (Å²) in [4.78, 5) is 0. The van der Waals surface area contributed by atoms with Crippen molar-refractivity contribution in [2.75, 3.05) is 0 Å². The molecule has 0 saturated carbocycles. The summed E-state index contributed by atoms with van der Waals surface area (Å²) in [6.45, 7) is 1.93. The second kappa shape index (κ2) is 4.57. The third kappa shape index (κ3) is 3.02. The van der Waals surface area contributed by atoms with Crippen LogP contribution in [0, 0.1) is 6.92 Å². The van der Waals surface area contributed by atoms with Gasteiger partial charge in [-0.05, 0) is 31.3 Å². The van der Waals surface area contributed by atoms with E-state index in [0.717, 1.165) is 5.56 Å². The number of nitrogens with zero attached hydrogens (tertiary/aromatic N) is 1. The molecule has 1 aromatic rings. The van der Waals surface area contributed by atoms with Crippen molar-refractivity contribution < 1.29 is 5.11 Å². The van der Waals surface area contributed by atoms with Gasteiger partial charge >= 0.3 is 0 Å². The van der Waals surface area contributed by atoms with Crippen molar-refractivity contribution in [1.29, 1.82) is 0 Å². The zero-order valence-electron chi connectivity index (χ0n) is 7.69. The van der Waals surface area contributed by atoms with Crippen molar-refractivity contribution in [3.8, 4) is 5.75 Å². The summed E-state index contributed by atoms with van der Waals surface area (Å²) in [5, 5.41) is 13.3. The average molecular weight is 209 g/mol. The van der Waals surface area contributed by atoms with Crippen molar-refractivity contribution in [2.24, 2.45) is 10.8 Å². The highest BCUT2D eigenvalue weighted by molar-refractivity contribution is 7.80. The Morgan fingerprint density at radius 2 is 2.36 bits per heavy atom. The molecular formula is C9H11N3OS. The Hall–Kier alpha value is -1.62. The van der Waals surface area contributed by atoms with Gasteiger partial charge in [-0.15, -0.1) is 0 Å². The number of rotatable bonds is 2. The molecule has 0 amide bonds. The van der Waals surface area contributed by atoms with E-state index >= 15 is 0 Å². The highest BCUT2D eigenvalue weighted by Crippen LogP contribution is 2.15. The SMILES string of the molecule is Cc1ccc(O)c(C=NNC(N)=S)c1. The van der Waals surface area contributed by atoms with Gasteiger partial charge in [-0.25, -0.2) is 0 Å². The van der Waals surface area contributed by atoms with Gasteiger partial charge in [0.05, 0.1) is 6.21 Å². The summed E-state index contributed by atoms with van der Waals surface area (Å²) in [5.41, 5.74) is 9.24. The normalized spacial score (nSPS) is 10.4. The maximum atomic E-state index is 9.42. The molecule has 0 fully saturated rings. The molecule has 0 aliphatic heterocycles. The lowest BCUT2D eigenvalue weighted by atomic mass is 10.1. The Labute approximate surface area is 87.4 Å². The number of thiocarbonyl (C=S) groups is 1. The molecule has 1 rings (SSSR count). The van der Waals surface area contributed by atoms with E-state index < -0.39 is 0 Å².